The Bertz CT molecular complexity index is 946. The number of hydrogen-bond acceptors (Lipinski definition) is 6. The van der Waals surface area contributed by atoms with Crippen LogP contribution < -0.4 is 10.6 Å². The predicted molar refractivity (Wildman–Crippen MR) is 109 cm³/mol. The summed E-state index contributed by atoms with van der Waals surface area (Å²) in [5.41, 5.74) is 4.89. The van der Waals surface area contributed by atoms with Gasteiger partial charge in [0, 0.05) is 11.1 Å². The van der Waals surface area contributed by atoms with Gasteiger partial charge in [-0.3, -0.25) is 4.79 Å². The van der Waals surface area contributed by atoms with Crippen molar-refractivity contribution in [3.8, 4) is 0 Å². The third-order valence-corrected chi connectivity index (χ3v) is 4.81. The van der Waals surface area contributed by atoms with Gasteiger partial charge in [-0.2, -0.15) is 0 Å². The molecule has 0 fully saturated rings. The summed E-state index contributed by atoms with van der Waals surface area (Å²) in [5.74, 6) is -0.246. The second-order valence-electron chi connectivity index (χ2n) is 6.42. The van der Waals surface area contributed by atoms with E-state index in [1.807, 2.05) is 32.9 Å². The Morgan fingerprint density at radius 2 is 1.78 bits per heavy atom. The van der Waals surface area contributed by atoms with E-state index in [1.165, 1.54) is 11.3 Å². The van der Waals surface area contributed by atoms with Gasteiger partial charge >= 0.3 is 0 Å². The van der Waals surface area contributed by atoms with Crippen LogP contribution in [-0.2, 0) is 0 Å². The molecule has 1 heterocycles. The highest BCUT2D eigenvalue weighted by Crippen LogP contribution is 2.23. The van der Waals surface area contributed by atoms with Crippen LogP contribution in [-0.4, -0.2) is 10.9 Å². The summed E-state index contributed by atoms with van der Waals surface area (Å²) in [5, 5.41) is 11.4. The molecule has 0 saturated carbocycles. The van der Waals surface area contributed by atoms with Crippen LogP contribution in [0.2, 0.25) is 0 Å². The number of amides is 1. The lowest BCUT2D eigenvalue weighted by molar-refractivity contribution is 0.0935. The molecule has 0 unspecified atom stereocenters. The van der Waals surface area contributed by atoms with E-state index in [1.54, 1.807) is 29.6 Å². The van der Waals surface area contributed by atoms with E-state index in [0.29, 0.717) is 16.5 Å². The van der Waals surface area contributed by atoms with Crippen molar-refractivity contribution < 1.29 is 4.79 Å². The Balaban J connectivity index is 1.66. The molecular weight excluding hydrogens is 360 g/mol. The molecule has 0 bridgehead atoms. The first-order valence-corrected chi connectivity index (χ1v) is 9.37. The number of nitroso groups, excluding NO2 is 1. The molecule has 0 radical (unpaired) electrons. The molecule has 138 valence electrons. The van der Waals surface area contributed by atoms with Crippen molar-refractivity contribution in [3.05, 3.63) is 75.1 Å². The van der Waals surface area contributed by atoms with Crippen molar-refractivity contribution in [3.63, 3.8) is 0 Å². The lowest BCUT2D eigenvalue weighted by Crippen LogP contribution is -2.26. The van der Waals surface area contributed by atoms with Gasteiger partial charge in [0.15, 0.2) is 5.13 Å². The number of aryl methyl sites for hydroxylation is 2. The highest BCUT2D eigenvalue weighted by molar-refractivity contribution is 7.14. The first-order chi connectivity index (χ1) is 12.9. The molecular formula is C20H20N4O2S. The molecule has 2 N–H and O–H groups in total. The average molecular weight is 380 g/mol. The van der Waals surface area contributed by atoms with E-state index >= 15 is 0 Å². The summed E-state index contributed by atoms with van der Waals surface area (Å²) in [7, 11) is 0. The van der Waals surface area contributed by atoms with Crippen LogP contribution in [0.5, 0.6) is 0 Å². The van der Waals surface area contributed by atoms with Crippen molar-refractivity contribution in [2.75, 3.05) is 5.32 Å². The minimum absolute atomic E-state index is 0.212. The molecule has 0 saturated heterocycles. The molecule has 3 rings (SSSR count). The number of carbonyl (C=O) groups excluding carboxylic acids is 1. The van der Waals surface area contributed by atoms with Gasteiger partial charge in [-0.25, -0.2) is 4.98 Å². The molecule has 1 amide bonds. The number of thiazole rings is 1. The molecule has 7 heteroatoms. The van der Waals surface area contributed by atoms with E-state index < -0.39 is 0 Å². The highest BCUT2D eigenvalue weighted by Gasteiger charge is 2.15. The SMILES string of the molecule is Cc1cc(C)cc(Nc2nc(C(=O)N[C@H](C)c3ccc(N=O)cc3)cs2)c1. The van der Waals surface area contributed by atoms with Crippen molar-refractivity contribution in [2.24, 2.45) is 5.18 Å². The Kier molecular flexibility index (Phi) is 5.61. The van der Waals surface area contributed by atoms with Crippen LogP contribution in [0.4, 0.5) is 16.5 Å². The Labute approximate surface area is 161 Å². The monoisotopic (exact) mass is 380 g/mol. The summed E-state index contributed by atoms with van der Waals surface area (Å²) >= 11 is 1.38. The van der Waals surface area contributed by atoms with Crippen molar-refractivity contribution in [2.45, 2.75) is 26.8 Å². The summed E-state index contributed by atoms with van der Waals surface area (Å²) in [6.45, 7) is 5.96. The molecule has 0 spiro atoms. The van der Waals surface area contributed by atoms with Crippen LogP contribution in [0, 0.1) is 18.8 Å². The topological polar surface area (TPSA) is 83.4 Å². The standard InChI is InChI=1S/C20H20N4O2S/c1-12-8-13(2)10-17(9-12)22-20-23-18(11-27-20)19(25)21-14(3)15-4-6-16(24-26)7-5-15/h4-11,14H,1-3H3,(H,21,25)(H,22,23)/t14-/m1/s1. The maximum Gasteiger partial charge on any atom is 0.271 e. The smallest absolute Gasteiger partial charge is 0.271 e. The Hall–Kier alpha value is -3.06. The van der Waals surface area contributed by atoms with Gasteiger partial charge < -0.3 is 10.6 Å². The maximum atomic E-state index is 12.5. The highest BCUT2D eigenvalue weighted by atomic mass is 32.1. The van der Waals surface area contributed by atoms with E-state index in [2.05, 4.69) is 26.9 Å². The zero-order valence-electron chi connectivity index (χ0n) is 15.3. The minimum Gasteiger partial charge on any atom is -0.344 e. The van der Waals surface area contributed by atoms with E-state index in [4.69, 9.17) is 0 Å². The number of carbonyl (C=O) groups is 1. The summed E-state index contributed by atoms with van der Waals surface area (Å²) < 4.78 is 0. The summed E-state index contributed by atoms with van der Waals surface area (Å²) in [6.07, 6.45) is 0. The maximum absolute atomic E-state index is 12.5. The number of nitrogens with one attached hydrogen (secondary N) is 2. The van der Waals surface area contributed by atoms with Crippen LogP contribution >= 0.6 is 11.3 Å². The molecule has 3 aromatic rings. The fraction of sp³-hybridized carbons (Fsp3) is 0.200. The molecule has 0 aliphatic rings. The first kappa shape index (κ1) is 18.7. The lowest BCUT2D eigenvalue weighted by Gasteiger charge is -2.13. The minimum atomic E-state index is -0.246. The number of anilines is 2. The average Bonchev–Trinajstić information content (AvgIpc) is 3.09. The summed E-state index contributed by atoms with van der Waals surface area (Å²) in [6, 6.07) is 12.8. The molecule has 0 aliphatic carbocycles. The van der Waals surface area contributed by atoms with Crippen LogP contribution in [0.15, 0.2) is 53.0 Å². The number of nitrogens with zero attached hydrogens (tertiary/aromatic N) is 2. The molecule has 0 aliphatic heterocycles. The van der Waals surface area contributed by atoms with Crippen molar-refractivity contribution in [1.82, 2.24) is 10.3 Å². The Morgan fingerprint density at radius 3 is 2.41 bits per heavy atom. The molecule has 1 aromatic heterocycles. The largest absolute Gasteiger partial charge is 0.344 e. The summed E-state index contributed by atoms with van der Waals surface area (Å²) in [4.78, 5) is 27.3. The fourth-order valence-electron chi connectivity index (χ4n) is 2.78. The van der Waals surface area contributed by atoms with Gasteiger partial charge in [0.1, 0.15) is 11.4 Å². The molecule has 27 heavy (non-hydrogen) atoms. The predicted octanol–water partition coefficient (Wildman–Crippen LogP) is 5.39. The van der Waals surface area contributed by atoms with Gasteiger partial charge in [-0.05, 0) is 66.9 Å². The second kappa shape index (κ2) is 8.09. The van der Waals surface area contributed by atoms with Gasteiger partial charge in [0.05, 0.1) is 6.04 Å². The molecule has 1 atom stereocenters. The van der Waals surface area contributed by atoms with Crippen LogP contribution in [0.25, 0.3) is 0 Å². The number of hydrogen-bond donors (Lipinski definition) is 2. The second-order valence-corrected chi connectivity index (χ2v) is 7.28. The van der Waals surface area contributed by atoms with Crippen LogP contribution in [0.1, 0.15) is 40.1 Å². The number of benzene rings is 2. The van der Waals surface area contributed by atoms with Gasteiger partial charge in [0.2, 0.25) is 0 Å². The first-order valence-electron chi connectivity index (χ1n) is 8.49. The normalized spacial score (nSPS) is 11.7. The van der Waals surface area contributed by atoms with E-state index in [0.717, 1.165) is 22.4 Å². The quantitative estimate of drug-likeness (QED) is 0.561. The van der Waals surface area contributed by atoms with Gasteiger partial charge in [-0.15, -0.1) is 16.2 Å². The van der Waals surface area contributed by atoms with Crippen LogP contribution in [0.3, 0.4) is 0 Å². The Morgan fingerprint density at radius 1 is 1.11 bits per heavy atom. The molecule has 2 aromatic carbocycles. The fourth-order valence-corrected chi connectivity index (χ4v) is 3.49. The lowest BCUT2D eigenvalue weighted by atomic mass is 10.1. The third-order valence-electron chi connectivity index (χ3n) is 4.06. The number of aromatic nitrogens is 1. The zero-order chi connectivity index (χ0) is 19.4. The molecule has 6 nitrogen and oxygen atoms in total. The third kappa shape index (κ3) is 4.77. The van der Waals surface area contributed by atoms with Gasteiger partial charge in [0.25, 0.3) is 5.91 Å². The van der Waals surface area contributed by atoms with E-state index in [-0.39, 0.29) is 11.9 Å². The number of rotatable bonds is 6. The van der Waals surface area contributed by atoms with Crippen molar-refractivity contribution >= 4 is 33.8 Å². The van der Waals surface area contributed by atoms with Crippen molar-refractivity contribution in [1.29, 1.82) is 0 Å². The zero-order valence-corrected chi connectivity index (χ0v) is 16.1. The van der Waals surface area contributed by atoms with E-state index in [9.17, 15) is 9.70 Å². The van der Waals surface area contributed by atoms with Gasteiger partial charge in [-0.1, -0.05) is 18.2 Å².